The maximum Gasteiger partial charge on any atom is 0.267 e. The van der Waals surface area contributed by atoms with Gasteiger partial charge in [-0.3, -0.25) is 14.7 Å². The van der Waals surface area contributed by atoms with E-state index in [0.717, 1.165) is 37.9 Å². The molecule has 3 fully saturated rings. The number of amides is 1. The Bertz CT molecular complexity index is 696. The van der Waals surface area contributed by atoms with Crippen molar-refractivity contribution in [2.24, 2.45) is 17.6 Å². The molecule has 2 heterocycles. The van der Waals surface area contributed by atoms with Crippen LogP contribution in [0.2, 0.25) is 0 Å². The lowest BCUT2D eigenvalue weighted by molar-refractivity contribution is -0.197. The Morgan fingerprint density at radius 2 is 1.93 bits per heavy atom. The van der Waals surface area contributed by atoms with Crippen molar-refractivity contribution >= 4 is 18.3 Å². The number of likely N-dealkylation sites (tertiary alicyclic amines) is 1. The molecule has 1 aromatic rings. The van der Waals surface area contributed by atoms with Crippen molar-refractivity contribution < 1.29 is 18.3 Å². The van der Waals surface area contributed by atoms with Crippen molar-refractivity contribution in [2.75, 3.05) is 20.2 Å². The van der Waals surface area contributed by atoms with Crippen LogP contribution < -0.4 is 5.73 Å². The van der Waals surface area contributed by atoms with Crippen LogP contribution in [0.15, 0.2) is 18.3 Å². The third kappa shape index (κ3) is 3.34. The highest BCUT2D eigenvalue weighted by Crippen LogP contribution is 2.53. The van der Waals surface area contributed by atoms with Crippen molar-refractivity contribution in [3.63, 3.8) is 0 Å². The minimum Gasteiger partial charge on any atom is -0.373 e. The summed E-state index contributed by atoms with van der Waals surface area (Å²) in [6.07, 6.45) is 4.62. The minimum absolute atomic E-state index is 0. The predicted octanol–water partition coefficient (Wildman–Crippen LogP) is 2.97. The van der Waals surface area contributed by atoms with Gasteiger partial charge in [-0.2, -0.15) is 0 Å². The van der Waals surface area contributed by atoms with E-state index in [1.807, 2.05) is 6.07 Å². The van der Waals surface area contributed by atoms with Crippen molar-refractivity contribution in [2.45, 2.75) is 49.7 Å². The summed E-state index contributed by atoms with van der Waals surface area (Å²) in [7, 11) is 1.71. The number of ether oxygens (including phenoxy) is 1. The first-order chi connectivity index (χ1) is 12.4. The zero-order chi connectivity index (χ0) is 18.5. The molecule has 0 unspecified atom stereocenters. The Morgan fingerprint density at radius 3 is 2.44 bits per heavy atom. The van der Waals surface area contributed by atoms with Gasteiger partial charge in [0, 0.05) is 57.1 Å². The molecular weight excluding hydrogens is 376 g/mol. The number of carbonyl (C=O) groups excluding carboxylic acids is 1. The summed E-state index contributed by atoms with van der Waals surface area (Å²) in [5.74, 6) is -2.65. The lowest BCUT2D eigenvalue weighted by atomic mass is 9.61. The highest BCUT2D eigenvalue weighted by molar-refractivity contribution is 5.90. The van der Waals surface area contributed by atoms with E-state index < -0.39 is 17.4 Å². The van der Waals surface area contributed by atoms with Gasteiger partial charge >= 0.3 is 0 Å². The predicted molar refractivity (Wildman–Crippen MR) is 99.1 cm³/mol. The maximum atomic E-state index is 13.3. The number of piperidine rings is 1. The molecule has 0 spiro atoms. The molecule has 0 aromatic carbocycles. The highest BCUT2D eigenvalue weighted by atomic mass is 35.5. The first-order valence-corrected chi connectivity index (χ1v) is 9.29. The number of nitrogens with zero attached hydrogens (tertiary/aromatic N) is 2. The van der Waals surface area contributed by atoms with Gasteiger partial charge in [0.1, 0.15) is 11.3 Å². The zero-order valence-electron chi connectivity index (χ0n) is 15.4. The van der Waals surface area contributed by atoms with Gasteiger partial charge in [0.05, 0.1) is 0 Å². The fourth-order valence-electron chi connectivity index (χ4n) is 5.38. The topological polar surface area (TPSA) is 68.5 Å². The summed E-state index contributed by atoms with van der Waals surface area (Å²) in [6.45, 7) is 1.50. The molecule has 1 saturated heterocycles. The van der Waals surface area contributed by atoms with Gasteiger partial charge in [0.25, 0.3) is 11.8 Å². The van der Waals surface area contributed by atoms with Crippen LogP contribution in [0.3, 0.4) is 0 Å². The van der Waals surface area contributed by atoms with Crippen molar-refractivity contribution in [3.05, 3.63) is 29.6 Å². The number of primary amides is 1. The van der Waals surface area contributed by atoms with Gasteiger partial charge in [-0.1, -0.05) is 6.42 Å². The van der Waals surface area contributed by atoms with Crippen LogP contribution in [0.25, 0.3) is 0 Å². The lowest BCUT2D eigenvalue weighted by Crippen LogP contribution is -2.63. The molecule has 3 aliphatic rings. The average molecular weight is 402 g/mol. The van der Waals surface area contributed by atoms with Gasteiger partial charge in [-0.05, 0) is 30.5 Å². The number of rotatable bonds is 4. The van der Waals surface area contributed by atoms with E-state index >= 15 is 0 Å². The molecule has 1 aliphatic heterocycles. The molecule has 150 valence electrons. The van der Waals surface area contributed by atoms with E-state index in [4.69, 9.17) is 10.5 Å². The Morgan fingerprint density at radius 1 is 1.30 bits per heavy atom. The van der Waals surface area contributed by atoms with Crippen LogP contribution in [-0.4, -0.2) is 48.0 Å². The molecule has 3 atom stereocenters. The first-order valence-electron chi connectivity index (χ1n) is 9.29. The smallest absolute Gasteiger partial charge is 0.267 e. The van der Waals surface area contributed by atoms with Crippen molar-refractivity contribution in [1.29, 1.82) is 0 Å². The number of methoxy groups -OCH3 is 1. The number of nitrogens with two attached hydrogens (primary N) is 1. The third-order valence-electron chi connectivity index (χ3n) is 6.61. The van der Waals surface area contributed by atoms with Crippen LogP contribution >= 0.6 is 12.4 Å². The largest absolute Gasteiger partial charge is 0.373 e. The third-order valence-corrected chi connectivity index (χ3v) is 6.61. The quantitative estimate of drug-likeness (QED) is 0.842. The summed E-state index contributed by atoms with van der Waals surface area (Å²) in [5, 5.41) is 0. The number of pyridine rings is 1. The van der Waals surface area contributed by atoms with Crippen molar-refractivity contribution in [1.82, 2.24) is 9.88 Å². The Hall–Kier alpha value is -1.31. The molecule has 0 radical (unpaired) electrons. The Labute approximate surface area is 164 Å². The van der Waals surface area contributed by atoms with Crippen LogP contribution in [0.5, 0.6) is 0 Å². The van der Waals surface area contributed by atoms with Crippen LogP contribution in [0.1, 0.15) is 48.2 Å². The molecule has 2 saturated carbocycles. The molecule has 1 amide bonds. The Balaban J connectivity index is 0.00000210. The molecule has 2 bridgehead atoms. The monoisotopic (exact) mass is 401 g/mol. The number of fused-ring (bicyclic) bond motifs is 2. The molecule has 1 aromatic heterocycles. The van der Waals surface area contributed by atoms with Crippen molar-refractivity contribution in [3.8, 4) is 0 Å². The summed E-state index contributed by atoms with van der Waals surface area (Å²) in [6, 6.07) is 3.61. The lowest BCUT2D eigenvalue weighted by Gasteiger charge is -2.58. The second kappa shape index (κ2) is 7.26. The van der Waals surface area contributed by atoms with Gasteiger partial charge in [0.15, 0.2) is 0 Å². The molecule has 4 rings (SSSR count). The summed E-state index contributed by atoms with van der Waals surface area (Å²) >= 11 is 0. The van der Waals surface area contributed by atoms with E-state index in [0.29, 0.717) is 0 Å². The van der Waals surface area contributed by atoms with E-state index in [1.165, 1.54) is 0 Å². The SMILES string of the molecule is CO[C@]1(c2ccnc(C(N)=O)c2)[C@@H]2CCC[C@H]1CN(C1CC(F)(F)C1)C2.Cl. The number of hydrogen-bond acceptors (Lipinski definition) is 4. The molecule has 27 heavy (non-hydrogen) atoms. The van der Waals surface area contributed by atoms with Crippen LogP contribution in [-0.2, 0) is 10.3 Å². The first kappa shape index (κ1) is 20.4. The number of carbonyl (C=O) groups is 1. The van der Waals surface area contributed by atoms with Gasteiger partial charge < -0.3 is 10.5 Å². The number of halogens is 3. The number of aromatic nitrogens is 1. The number of alkyl halides is 2. The summed E-state index contributed by atoms with van der Waals surface area (Å²) in [5.41, 5.74) is 6.06. The molecule has 5 nitrogen and oxygen atoms in total. The molecule has 2 aliphatic carbocycles. The van der Waals surface area contributed by atoms with Crippen LogP contribution in [0.4, 0.5) is 8.78 Å². The fourth-order valence-corrected chi connectivity index (χ4v) is 5.38. The average Bonchev–Trinajstić information content (AvgIpc) is 2.58. The highest BCUT2D eigenvalue weighted by Gasteiger charge is 2.57. The van der Waals surface area contributed by atoms with Crippen LogP contribution in [0, 0.1) is 11.8 Å². The maximum absolute atomic E-state index is 13.3. The summed E-state index contributed by atoms with van der Waals surface area (Å²) in [4.78, 5) is 17.8. The van der Waals surface area contributed by atoms with Gasteiger partial charge in [0.2, 0.25) is 0 Å². The minimum atomic E-state index is -2.50. The van der Waals surface area contributed by atoms with E-state index in [2.05, 4.69) is 9.88 Å². The second-order valence-electron chi connectivity index (χ2n) is 7.99. The van der Waals surface area contributed by atoms with E-state index in [1.54, 1.807) is 19.4 Å². The normalized spacial score (nSPS) is 33.0. The molecular formula is C19H26ClF2N3O2. The summed E-state index contributed by atoms with van der Waals surface area (Å²) < 4.78 is 32.8. The van der Waals surface area contributed by atoms with Gasteiger partial charge in [-0.15, -0.1) is 12.4 Å². The Kier molecular flexibility index (Phi) is 5.49. The second-order valence-corrected chi connectivity index (χ2v) is 7.99. The van der Waals surface area contributed by atoms with E-state index in [-0.39, 0.29) is 48.8 Å². The van der Waals surface area contributed by atoms with E-state index in [9.17, 15) is 13.6 Å². The number of hydrogen-bond donors (Lipinski definition) is 1. The molecule has 8 heteroatoms. The molecule has 2 N–H and O–H groups in total. The standard InChI is InChI=1S/C19H25F2N3O2.ClH/c1-26-19(12-5-6-23-16(7-12)17(22)25)13-3-2-4-14(19)11-24(10-13)15-8-18(20,21)9-15;/h5-7,13-15H,2-4,8-11H2,1H3,(H2,22,25);1H/t13-,14+,19-;. The fraction of sp³-hybridized carbons (Fsp3) is 0.684. The van der Waals surface area contributed by atoms with Gasteiger partial charge in [-0.25, -0.2) is 8.78 Å². The zero-order valence-corrected chi connectivity index (χ0v) is 16.2.